The summed E-state index contributed by atoms with van der Waals surface area (Å²) in [4.78, 5) is 0. The minimum absolute atomic E-state index is 0.153. The first-order valence-corrected chi connectivity index (χ1v) is 5.87. The van der Waals surface area contributed by atoms with E-state index in [2.05, 4.69) is 21.2 Å². The molecule has 0 atom stereocenters. The third kappa shape index (κ3) is 3.26. The lowest BCUT2D eigenvalue weighted by Gasteiger charge is -2.31. The molecule has 0 aromatic heterocycles. The Kier molecular flexibility index (Phi) is 3.87. The van der Waals surface area contributed by atoms with Crippen molar-refractivity contribution in [3.8, 4) is 0 Å². The first-order chi connectivity index (χ1) is 7.75. The molecule has 0 heterocycles. The van der Waals surface area contributed by atoms with E-state index in [1.54, 1.807) is 18.2 Å². The van der Waals surface area contributed by atoms with E-state index in [4.69, 9.17) is 16.7 Å². The van der Waals surface area contributed by atoms with Crippen molar-refractivity contribution in [3.05, 3.63) is 28.2 Å². The van der Waals surface area contributed by atoms with Crippen LogP contribution in [0.15, 0.2) is 27.9 Å². The quantitative estimate of drug-likeness (QED) is 0.257. The van der Waals surface area contributed by atoms with Crippen LogP contribution in [0, 0.1) is 10.9 Å². The smallest absolute Gasteiger partial charge is 0.150 e. The molecule has 1 aromatic carbocycles. The van der Waals surface area contributed by atoms with E-state index in [1.807, 2.05) is 20.8 Å². The Labute approximate surface area is 109 Å². The molecule has 0 amide bonds. The molecule has 0 aliphatic heterocycles. The van der Waals surface area contributed by atoms with Crippen LogP contribution in [0.5, 0.6) is 0 Å². The molecule has 0 aliphatic rings. The number of halogens is 1. The monoisotopic (exact) mass is 297 g/mol. The number of hydrogen-bond acceptors (Lipinski definition) is 4. The number of hydrogen-bond donors (Lipinski definition) is 3. The maximum absolute atomic E-state index is 8.07. The van der Waals surface area contributed by atoms with Crippen LogP contribution >= 0.6 is 15.9 Å². The number of nitrogens with two attached hydrogens (primary N) is 1. The third-order valence-corrected chi connectivity index (χ3v) is 2.60. The van der Waals surface area contributed by atoms with Gasteiger partial charge in [0.15, 0.2) is 5.84 Å². The lowest BCUT2D eigenvalue weighted by atomic mass is 10.1. The lowest BCUT2D eigenvalue weighted by molar-refractivity contribution is 0.225. The maximum Gasteiger partial charge on any atom is 0.150 e. The minimum atomic E-state index is -0.421. The normalized spacial score (nSPS) is 11.1. The standard InChI is InChI=1S/C11H16BrN5/c1-11(2,3)17(16-15)10(14)7-4-8(12)6-9(13)5-7/h4-6,14-15H,13H2,1-3H3. The van der Waals surface area contributed by atoms with E-state index in [9.17, 15) is 0 Å². The van der Waals surface area contributed by atoms with Gasteiger partial charge in [-0.3, -0.25) is 5.41 Å². The Morgan fingerprint density at radius 3 is 2.35 bits per heavy atom. The van der Waals surface area contributed by atoms with Crippen LogP contribution < -0.4 is 5.73 Å². The van der Waals surface area contributed by atoms with Crippen LogP contribution in [-0.2, 0) is 0 Å². The van der Waals surface area contributed by atoms with E-state index in [0.29, 0.717) is 11.3 Å². The molecule has 0 bridgehead atoms. The van der Waals surface area contributed by atoms with Crippen LogP contribution in [0.3, 0.4) is 0 Å². The molecule has 0 spiro atoms. The lowest BCUT2D eigenvalue weighted by Crippen LogP contribution is -2.41. The summed E-state index contributed by atoms with van der Waals surface area (Å²) in [5.41, 5.74) is 13.7. The van der Waals surface area contributed by atoms with Gasteiger partial charge in [0.2, 0.25) is 0 Å². The van der Waals surface area contributed by atoms with Gasteiger partial charge in [0.1, 0.15) is 0 Å². The fraction of sp³-hybridized carbons (Fsp3) is 0.364. The first-order valence-electron chi connectivity index (χ1n) is 5.08. The van der Waals surface area contributed by atoms with Crippen molar-refractivity contribution >= 4 is 27.5 Å². The van der Waals surface area contributed by atoms with Crippen molar-refractivity contribution in [1.29, 1.82) is 10.9 Å². The number of nitrogen functional groups attached to an aromatic ring is 1. The van der Waals surface area contributed by atoms with Gasteiger partial charge in [0.25, 0.3) is 0 Å². The van der Waals surface area contributed by atoms with Crippen LogP contribution in [-0.4, -0.2) is 16.4 Å². The third-order valence-electron chi connectivity index (χ3n) is 2.14. The number of nitrogens with one attached hydrogen (secondary N) is 2. The molecule has 1 rings (SSSR count). The Bertz CT molecular complexity index is 429. The second-order valence-electron chi connectivity index (χ2n) is 4.70. The zero-order valence-corrected chi connectivity index (χ0v) is 11.7. The predicted molar refractivity (Wildman–Crippen MR) is 72.1 cm³/mol. The molecule has 4 N–H and O–H groups in total. The van der Waals surface area contributed by atoms with Crippen molar-refractivity contribution in [1.82, 2.24) is 5.01 Å². The molecule has 0 unspecified atom stereocenters. The molecule has 6 heteroatoms. The number of nitrogens with zero attached hydrogens (tertiary/aromatic N) is 2. The van der Waals surface area contributed by atoms with Gasteiger partial charge in [-0.15, -0.1) is 0 Å². The SMILES string of the molecule is CC(C)(C)N(N=N)C(=N)c1cc(N)cc(Br)c1. The summed E-state index contributed by atoms with van der Waals surface area (Å²) >= 11 is 3.33. The maximum atomic E-state index is 8.07. The van der Waals surface area contributed by atoms with Crippen molar-refractivity contribution in [2.75, 3.05) is 5.73 Å². The van der Waals surface area contributed by atoms with Crippen LogP contribution in [0.1, 0.15) is 26.3 Å². The first kappa shape index (κ1) is 13.6. The predicted octanol–water partition coefficient (Wildman–Crippen LogP) is 3.40. The summed E-state index contributed by atoms with van der Waals surface area (Å²) in [7, 11) is 0. The number of benzene rings is 1. The highest BCUT2D eigenvalue weighted by atomic mass is 79.9. The Morgan fingerprint density at radius 2 is 1.94 bits per heavy atom. The minimum Gasteiger partial charge on any atom is -0.399 e. The molecule has 5 nitrogen and oxygen atoms in total. The molecule has 17 heavy (non-hydrogen) atoms. The van der Waals surface area contributed by atoms with Crippen LogP contribution in [0.2, 0.25) is 0 Å². The average Bonchev–Trinajstić information content (AvgIpc) is 2.14. The summed E-state index contributed by atoms with van der Waals surface area (Å²) in [6.45, 7) is 5.67. The molecular weight excluding hydrogens is 282 g/mol. The van der Waals surface area contributed by atoms with Crippen LogP contribution in [0.25, 0.3) is 0 Å². The molecule has 0 radical (unpaired) electrons. The van der Waals surface area contributed by atoms with E-state index in [-0.39, 0.29) is 5.84 Å². The van der Waals surface area contributed by atoms with E-state index < -0.39 is 5.54 Å². The second-order valence-corrected chi connectivity index (χ2v) is 5.62. The van der Waals surface area contributed by atoms with Gasteiger partial charge >= 0.3 is 0 Å². The van der Waals surface area contributed by atoms with Gasteiger partial charge in [-0.1, -0.05) is 21.2 Å². The summed E-state index contributed by atoms with van der Waals surface area (Å²) in [6.07, 6.45) is 0. The molecule has 0 saturated carbocycles. The van der Waals surface area contributed by atoms with Gasteiger partial charge in [-0.2, -0.15) is 5.53 Å². The van der Waals surface area contributed by atoms with Gasteiger partial charge in [-0.25, -0.2) is 5.01 Å². The van der Waals surface area contributed by atoms with Crippen molar-refractivity contribution in [3.63, 3.8) is 0 Å². The fourth-order valence-electron chi connectivity index (χ4n) is 1.41. The fourth-order valence-corrected chi connectivity index (χ4v) is 1.92. The largest absolute Gasteiger partial charge is 0.399 e. The highest BCUT2D eigenvalue weighted by Crippen LogP contribution is 2.22. The van der Waals surface area contributed by atoms with E-state index in [1.165, 1.54) is 5.01 Å². The van der Waals surface area contributed by atoms with E-state index >= 15 is 0 Å². The van der Waals surface area contributed by atoms with Crippen molar-refractivity contribution < 1.29 is 0 Å². The highest BCUT2D eigenvalue weighted by Gasteiger charge is 2.25. The summed E-state index contributed by atoms with van der Waals surface area (Å²) in [6, 6.07) is 5.23. The topological polar surface area (TPSA) is 89.3 Å². The molecule has 1 aromatic rings. The Hall–Kier alpha value is -1.43. The summed E-state index contributed by atoms with van der Waals surface area (Å²) in [5.74, 6) is 0.153. The van der Waals surface area contributed by atoms with Crippen molar-refractivity contribution in [2.45, 2.75) is 26.3 Å². The highest BCUT2D eigenvalue weighted by molar-refractivity contribution is 9.10. The average molecular weight is 298 g/mol. The van der Waals surface area contributed by atoms with Crippen LogP contribution in [0.4, 0.5) is 5.69 Å². The van der Waals surface area contributed by atoms with Gasteiger partial charge in [0.05, 0.1) is 5.54 Å². The zero-order chi connectivity index (χ0) is 13.2. The van der Waals surface area contributed by atoms with Gasteiger partial charge < -0.3 is 5.73 Å². The van der Waals surface area contributed by atoms with Crippen molar-refractivity contribution in [2.24, 2.45) is 5.22 Å². The Morgan fingerprint density at radius 1 is 1.35 bits per heavy atom. The molecular formula is C11H16BrN5. The number of amidine groups is 1. The van der Waals surface area contributed by atoms with Gasteiger partial charge in [0, 0.05) is 15.7 Å². The summed E-state index contributed by atoms with van der Waals surface area (Å²) < 4.78 is 0.802. The molecule has 92 valence electrons. The number of anilines is 1. The molecule has 0 saturated heterocycles. The summed E-state index contributed by atoms with van der Waals surface area (Å²) in [5, 5.41) is 12.8. The zero-order valence-electron chi connectivity index (χ0n) is 10.1. The van der Waals surface area contributed by atoms with E-state index in [0.717, 1.165) is 4.47 Å². The molecule has 0 fully saturated rings. The molecule has 0 aliphatic carbocycles. The van der Waals surface area contributed by atoms with Gasteiger partial charge in [-0.05, 0) is 39.0 Å². The number of rotatable bonds is 2. The Balaban J connectivity index is 3.15. The second kappa shape index (κ2) is 4.83.